The third kappa shape index (κ3) is 3.53. The van der Waals surface area contributed by atoms with Gasteiger partial charge in [-0.3, -0.25) is 4.79 Å². The Morgan fingerprint density at radius 2 is 1.91 bits per heavy atom. The highest BCUT2D eigenvalue weighted by Gasteiger charge is 2.35. The Morgan fingerprint density at radius 1 is 1.27 bits per heavy atom. The largest absolute Gasteiger partial charge is 0.381 e. The molecule has 22 heavy (non-hydrogen) atoms. The molecule has 0 spiro atoms. The van der Waals surface area contributed by atoms with E-state index < -0.39 is 0 Å². The fourth-order valence-corrected chi connectivity index (χ4v) is 3.24. The van der Waals surface area contributed by atoms with Crippen LogP contribution in [0, 0.1) is 5.92 Å². The molecule has 3 nitrogen and oxygen atoms in total. The van der Waals surface area contributed by atoms with Gasteiger partial charge in [-0.2, -0.15) is 0 Å². The van der Waals surface area contributed by atoms with Crippen LogP contribution in [0.4, 0.5) is 0 Å². The second-order valence-electron chi connectivity index (χ2n) is 6.35. The number of hydrogen-bond donors (Lipinski definition) is 1. The fraction of sp³-hybridized carbons (Fsp3) is 0.500. The predicted octanol–water partition coefficient (Wildman–Crippen LogP) is 3.82. The molecule has 1 aliphatic heterocycles. The molecule has 1 saturated heterocycles. The summed E-state index contributed by atoms with van der Waals surface area (Å²) in [5.74, 6) is 0.619. The summed E-state index contributed by atoms with van der Waals surface area (Å²) in [6, 6.07) is 7.77. The van der Waals surface area contributed by atoms with Crippen LogP contribution in [0.1, 0.15) is 38.2 Å². The third-order valence-corrected chi connectivity index (χ3v) is 4.94. The SMILES string of the molecule is C/C(=C/C(=O)NC1(c2ccc(Cl)cc2)CCOCC1)C1CC1. The van der Waals surface area contributed by atoms with E-state index in [1.54, 1.807) is 6.08 Å². The van der Waals surface area contributed by atoms with Gasteiger partial charge >= 0.3 is 0 Å². The number of hydrogen-bond acceptors (Lipinski definition) is 2. The molecule has 2 aliphatic rings. The number of halogens is 1. The standard InChI is InChI=1S/C18H22ClNO2/c1-13(14-2-3-14)12-17(21)20-18(8-10-22-11-9-18)15-4-6-16(19)7-5-15/h4-7,12,14H,2-3,8-11H2,1H3,(H,20,21)/b13-12-. The first-order chi connectivity index (χ1) is 10.6. The van der Waals surface area contributed by atoms with E-state index in [9.17, 15) is 4.79 Å². The number of nitrogens with one attached hydrogen (secondary N) is 1. The molecule has 1 N–H and O–H groups in total. The van der Waals surface area contributed by atoms with Crippen molar-refractivity contribution in [1.29, 1.82) is 0 Å². The average Bonchev–Trinajstić information content (AvgIpc) is 3.33. The normalized spacial score (nSPS) is 21.5. The number of ether oxygens (including phenoxy) is 1. The van der Waals surface area contributed by atoms with Crippen LogP contribution >= 0.6 is 11.6 Å². The summed E-state index contributed by atoms with van der Waals surface area (Å²) >= 11 is 5.99. The Hall–Kier alpha value is -1.32. The molecular formula is C18H22ClNO2. The second-order valence-corrected chi connectivity index (χ2v) is 6.79. The minimum atomic E-state index is -0.347. The van der Waals surface area contributed by atoms with E-state index in [0.717, 1.165) is 18.4 Å². The average molecular weight is 320 g/mol. The Labute approximate surface area is 136 Å². The van der Waals surface area contributed by atoms with E-state index in [-0.39, 0.29) is 11.4 Å². The summed E-state index contributed by atoms with van der Waals surface area (Å²) in [6.07, 6.45) is 5.77. The minimum absolute atomic E-state index is 0.00116. The van der Waals surface area contributed by atoms with Gasteiger partial charge in [0.2, 0.25) is 5.91 Å². The molecule has 0 atom stereocenters. The smallest absolute Gasteiger partial charge is 0.244 e. The number of benzene rings is 1. The van der Waals surface area contributed by atoms with Crippen LogP contribution in [0.2, 0.25) is 5.02 Å². The van der Waals surface area contributed by atoms with Crippen LogP contribution in [0.25, 0.3) is 0 Å². The van der Waals surface area contributed by atoms with Crippen LogP contribution < -0.4 is 5.32 Å². The molecule has 1 saturated carbocycles. The van der Waals surface area contributed by atoms with E-state index in [1.165, 1.54) is 18.4 Å². The number of carbonyl (C=O) groups is 1. The molecule has 118 valence electrons. The van der Waals surface area contributed by atoms with Crippen molar-refractivity contribution >= 4 is 17.5 Å². The maximum atomic E-state index is 12.4. The zero-order chi connectivity index (χ0) is 15.6. The van der Waals surface area contributed by atoms with E-state index in [4.69, 9.17) is 16.3 Å². The van der Waals surface area contributed by atoms with Crippen LogP contribution in [-0.2, 0) is 15.1 Å². The molecule has 1 amide bonds. The van der Waals surface area contributed by atoms with Gasteiger partial charge in [-0.1, -0.05) is 29.3 Å². The van der Waals surface area contributed by atoms with Gasteiger partial charge in [0.1, 0.15) is 0 Å². The van der Waals surface area contributed by atoms with Gasteiger partial charge in [0.05, 0.1) is 5.54 Å². The van der Waals surface area contributed by atoms with Gasteiger partial charge < -0.3 is 10.1 Å². The van der Waals surface area contributed by atoms with Crippen LogP contribution in [0.5, 0.6) is 0 Å². The van der Waals surface area contributed by atoms with E-state index in [2.05, 4.69) is 12.2 Å². The van der Waals surface area contributed by atoms with Gasteiger partial charge in [0, 0.05) is 24.3 Å². The van der Waals surface area contributed by atoms with Gasteiger partial charge in [-0.05, 0) is 56.2 Å². The summed E-state index contributed by atoms with van der Waals surface area (Å²) in [7, 11) is 0. The summed E-state index contributed by atoms with van der Waals surface area (Å²) in [6.45, 7) is 3.37. The number of rotatable bonds is 4. The van der Waals surface area contributed by atoms with Crippen LogP contribution in [0.3, 0.4) is 0 Å². The molecule has 1 aliphatic carbocycles. The zero-order valence-corrected chi connectivity index (χ0v) is 13.7. The first-order valence-corrected chi connectivity index (χ1v) is 8.31. The number of allylic oxidation sites excluding steroid dienone is 1. The van der Waals surface area contributed by atoms with Crippen molar-refractivity contribution in [2.45, 2.75) is 38.1 Å². The summed E-state index contributed by atoms with van der Waals surface area (Å²) in [5, 5.41) is 3.95. The van der Waals surface area contributed by atoms with E-state index in [1.807, 2.05) is 24.3 Å². The van der Waals surface area contributed by atoms with Crippen molar-refractivity contribution in [3.05, 3.63) is 46.5 Å². The van der Waals surface area contributed by atoms with Gasteiger partial charge in [0.25, 0.3) is 0 Å². The number of carbonyl (C=O) groups excluding carboxylic acids is 1. The van der Waals surface area contributed by atoms with Gasteiger partial charge in [0.15, 0.2) is 0 Å². The first-order valence-electron chi connectivity index (χ1n) is 7.93. The van der Waals surface area contributed by atoms with Crippen molar-refractivity contribution < 1.29 is 9.53 Å². The lowest BCUT2D eigenvalue weighted by Gasteiger charge is -2.38. The topological polar surface area (TPSA) is 38.3 Å². The highest BCUT2D eigenvalue weighted by molar-refractivity contribution is 6.30. The highest BCUT2D eigenvalue weighted by Crippen LogP contribution is 2.36. The molecule has 1 aromatic carbocycles. The van der Waals surface area contributed by atoms with Crippen molar-refractivity contribution in [2.75, 3.05) is 13.2 Å². The predicted molar refractivity (Wildman–Crippen MR) is 87.8 cm³/mol. The lowest BCUT2D eigenvalue weighted by atomic mass is 9.82. The molecular weight excluding hydrogens is 298 g/mol. The van der Waals surface area contributed by atoms with E-state index in [0.29, 0.717) is 24.2 Å². The van der Waals surface area contributed by atoms with Crippen LogP contribution in [0.15, 0.2) is 35.9 Å². The molecule has 1 aromatic rings. The number of amides is 1. The quantitative estimate of drug-likeness (QED) is 0.857. The molecule has 0 radical (unpaired) electrons. The van der Waals surface area contributed by atoms with Crippen molar-refractivity contribution in [3.63, 3.8) is 0 Å². The van der Waals surface area contributed by atoms with Crippen molar-refractivity contribution in [3.8, 4) is 0 Å². The summed E-state index contributed by atoms with van der Waals surface area (Å²) in [5.41, 5.74) is 1.95. The summed E-state index contributed by atoms with van der Waals surface area (Å²) < 4.78 is 5.49. The van der Waals surface area contributed by atoms with Crippen LogP contribution in [-0.4, -0.2) is 19.1 Å². The lowest BCUT2D eigenvalue weighted by Crippen LogP contribution is -2.49. The van der Waals surface area contributed by atoms with E-state index >= 15 is 0 Å². The Balaban J connectivity index is 1.81. The molecule has 0 aromatic heterocycles. The monoisotopic (exact) mass is 319 g/mol. The molecule has 3 rings (SSSR count). The second kappa shape index (κ2) is 6.43. The Morgan fingerprint density at radius 3 is 2.50 bits per heavy atom. The summed E-state index contributed by atoms with van der Waals surface area (Å²) in [4.78, 5) is 12.4. The van der Waals surface area contributed by atoms with Crippen molar-refractivity contribution in [2.24, 2.45) is 5.92 Å². The highest BCUT2D eigenvalue weighted by atomic mass is 35.5. The molecule has 4 heteroatoms. The molecule has 0 unspecified atom stereocenters. The molecule has 1 heterocycles. The maximum Gasteiger partial charge on any atom is 0.244 e. The lowest BCUT2D eigenvalue weighted by molar-refractivity contribution is -0.119. The third-order valence-electron chi connectivity index (χ3n) is 4.69. The van der Waals surface area contributed by atoms with Gasteiger partial charge in [-0.25, -0.2) is 0 Å². The minimum Gasteiger partial charge on any atom is -0.381 e. The van der Waals surface area contributed by atoms with Crippen molar-refractivity contribution in [1.82, 2.24) is 5.32 Å². The Bertz CT molecular complexity index is 569. The van der Waals surface area contributed by atoms with Gasteiger partial charge in [-0.15, -0.1) is 0 Å². The first kappa shape index (κ1) is 15.6. The molecule has 0 bridgehead atoms. The maximum absolute atomic E-state index is 12.4. The Kier molecular flexibility index (Phi) is 4.55. The fourth-order valence-electron chi connectivity index (χ4n) is 3.11. The molecule has 2 fully saturated rings. The zero-order valence-electron chi connectivity index (χ0n) is 12.9.